The molecule has 6 nitrogen and oxygen atoms in total. The van der Waals surface area contributed by atoms with Crippen molar-refractivity contribution in [2.45, 2.75) is 32.6 Å². The number of benzene rings is 1. The summed E-state index contributed by atoms with van der Waals surface area (Å²) in [6.07, 6.45) is 4.02. The van der Waals surface area contributed by atoms with Crippen molar-refractivity contribution in [1.29, 1.82) is 0 Å². The maximum Gasteiger partial charge on any atom is 0.317 e. The maximum atomic E-state index is 12.2. The summed E-state index contributed by atoms with van der Waals surface area (Å²) in [6, 6.07) is 8.01. The highest BCUT2D eigenvalue weighted by molar-refractivity contribution is 5.94. The first-order valence-corrected chi connectivity index (χ1v) is 10.0. The molecule has 3 amide bonds. The molecule has 1 saturated heterocycles. The van der Waals surface area contributed by atoms with E-state index < -0.39 is 0 Å². The van der Waals surface area contributed by atoms with Gasteiger partial charge in [0.2, 0.25) is 0 Å². The Balaban J connectivity index is 1.74. The second-order valence-corrected chi connectivity index (χ2v) is 7.58. The van der Waals surface area contributed by atoms with Crippen molar-refractivity contribution in [3.63, 3.8) is 0 Å². The maximum absolute atomic E-state index is 12.2. The number of piperidine rings is 1. The van der Waals surface area contributed by atoms with Crippen molar-refractivity contribution >= 4 is 11.9 Å². The fraction of sp³-hybridized carbons (Fsp3) is 0.619. The normalized spacial score (nSPS) is 15.0. The molecule has 0 atom stereocenters. The fourth-order valence-corrected chi connectivity index (χ4v) is 3.43. The highest BCUT2D eigenvalue weighted by Gasteiger charge is 2.22. The van der Waals surface area contributed by atoms with E-state index in [9.17, 15) is 9.59 Å². The van der Waals surface area contributed by atoms with E-state index in [2.05, 4.69) is 27.7 Å². The molecule has 0 aliphatic carbocycles. The molecule has 1 fully saturated rings. The first-order valence-electron chi connectivity index (χ1n) is 10.0. The van der Waals surface area contributed by atoms with E-state index in [-0.39, 0.29) is 11.9 Å². The van der Waals surface area contributed by atoms with E-state index in [1.807, 2.05) is 38.1 Å². The van der Waals surface area contributed by atoms with Crippen LogP contribution in [0.15, 0.2) is 24.3 Å². The first-order chi connectivity index (χ1) is 13.0. The van der Waals surface area contributed by atoms with E-state index in [4.69, 9.17) is 0 Å². The Bertz CT molecular complexity index is 593. The van der Waals surface area contributed by atoms with Crippen molar-refractivity contribution < 1.29 is 9.59 Å². The van der Waals surface area contributed by atoms with E-state index in [0.717, 1.165) is 50.9 Å². The van der Waals surface area contributed by atoms with Crippen molar-refractivity contribution in [2.75, 3.05) is 46.8 Å². The monoisotopic (exact) mass is 374 g/mol. The number of carbonyl (C=O) groups is 2. The van der Waals surface area contributed by atoms with Crippen LogP contribution in [-0.4, -0.2) is 68.6 Å². The van der Waals surface area contributed by atoms with Gasteiger partial charge in [0.05, 0.1) is 0 Å². The Hall–Kier alpha value is -2.08. The zero-order chi connectivity index (χ0) is 19.6. The Kier molecular flexibility index (Phi) is 8.58. The molecule has 27 heavy (non-hydrogen) atoms. The van der Waals surface area contributed by atoms with Gasteiger partial charge in [-0.1, -0.05) is 12.1 Å². The SMILES string of the molecule is CCNC(=O)N1CCC(Cc2ccc(C(=O)NCCCN(C)C)cc2)CC1. The van der Waals surface area contributed by atoms with Crippen LogP contribution in [0, 0.1) is 5.92 Å². The number of nitrogens with one attached hydrogen (secondary N) is 2. The van der Waals surface area contributed by atoms with Crippen molar-refractivity contribution in [3.05, 3.63) is 35.4 Å². The van der Waals surface area contributed by atoms with Gasteiger partial charge >= 0.3 is 6.03 Å². The highest BCUT2D eigenvalue weighted by Crippen LogP contribution is 2.22. The van der Waals surface area contributed by atoms with Crippen LogP contribution in [0.4, 0.5) is 4.79 Å². The van der Waals surface area contributed by atoms with Crippen molar-refractivity contribution in [2.24, 2.45) is 5.92 Å². The molecule has 150 valence electrons. The molecule has 2 N–H and O–H groups in total. The Morgan fingerprint density at radius 2 is 1.78 bits per heavy atom. The molecular weight excluding hydrogens is 340 g/mol. The molecule has 1 heterocycles. The van der Waals surface area contributed by atoms with Crippen LogP contribution in [-0.2, 0) is 6.42 Å². The summed E-state index contributed by atoms with van der Waals surface area (Å²) in [5.41, 5.74) is 1.98. The van der Waals surface area contributed by atoms with Crippen molar-refractivity contribution in [3.8, 4) is 0 Å². The van der Waals surface area contributed by atoms with Crippen molar-refractivity contribution in [1.82, 2.24) is 20.4 Å². The summed E-state index contributed by atoms with van der Waals surface area (Å²) < 4.78 is 0. The molecule has 0 spiro atoms. The standard InChI is InChI=1S/C21H34N4O2/c1-4-22-21(27)25-14-10-18(11-15-25)16-17-6-8-19(9-7-17)20(26)23-12-5-13-24(2)3/h6-9,18H,4-5,10-16H2,1-3H3,(H,22,27)(H,23,26). The molecule has 1 aromatic rings. The number of amides is 3. The third-order valence-electron chi connectivity index (χ3n) is 5.04. The van der Waals surface area contributed by atoms with Gasteiger partial charge in [0.1, 0.15) is 0 Å². The quantitative estimate of drug-likeness (QED) is 0.687. The predicted molar refractivity (Wildman–Crippen MR) is 109 cm³/mol. The summed E-state index contributed by atoms with van der Waals surface area (Å²) in [6.45, 7) is 5.93. The number of rotatable bonds is 8. The number of likely N-dealkylation sites (tertiary alicyclic amines) is 1. The van der Waals surface area contributed by atoms with Crippen LogP contribution in [0.25, 0.3) is 0 Å². The van der Waals surface area contributed by atoms with E-state index in [1.54, 1.807) is 0 Å². The zero-order valence-electron chi connectivity index (χ0n) is 17.0. The molecule has 0 unspecified atom stereocenters. The minimum Gasteiger partial charge on any atom is -0.352 e. The Morgan fingerprint density at radius 3 is 2.37 bits per heavy atom. The van der Waals surface area contributed by atoms with Crippen LogP contribution in [0.1, 0.15) is 42.1 Å². The first kappa shape index (κ1) is 21.2. The Labute approximate surface area is 163 Å². The minimum atomic E-state index is -0.00412. The molecule has 0 radical (unpaired) electrons. The minimum absolute atomic E-state index is 0.00412. The topological polar surface area (TPSA) is 64.7 Å². The third-order valence-corrected chi connectivity index (χ3v) is 5.04. The average Bonchev–Trinajstić information content (AvgIpc) is 2.66. The fourth-order valence-electron chi connectivity index (χ4n) is 3.43. The molecule has 0 bridgehead atoms. The van der Waals surface area contributed by atoms with Crippen LogP contribution >= 0.6 is 0 Å². The van der Waals surface area contributed by atoms with E-state index >= 15 is 0 Å². The second kappa shape index (κ2) is 10.9. The van der Waals surface area contributed by atoms with Gasteiger partial charge in [0, 0.05) is 31.7 Å². The smallest absolute Gasteiger partial charge is 0.317 e. The number of hydrogen-bond donors (Lipinski definition) is 2. The molecule has 2 rings (SSSR count). The molecular formula is C21H34N4O2. The summed E-state index contributed by atoms with van der Waals surface area (Å²) >= 11 is 0. The lowest BCUT2D eigenvalue weighted by Gasteiger charge is -2.32. The summed E-state index contributed by atoms with van der Waals surface area (Å²) in [7, 11) is 4.06. The van der Waals surface area contributed by atoms with Gasteiger partial charge in [-0.2, -0.15) is 0 Å². The second-order valence-electron chi connectivity index (χ2n) is 7.58. The summed E-state index contributed by atoms with van der Waals surface area (Å²) in [5.74, 6) is 0.594. The number of urea groups is 1. The average molecular weight is 375 g/mol. The largest absolute Gasteiger partial charge is 0.352 e. The molecule has 1 aromatic carbocycles. The number of hydrogen-bond acceptors (Lipinski definition) is 3. The summed E-state index contributed by atoms with van der Waals surface area (Å²) in [4.78, 5) is 28.1. The Morgan fingerprint density at radius 1 is 1.11 bits per heavy atom. The molecule has 6 heteroatoms. The lowest BCUT2D eigenvalue weighted by molar-refractivity contribution is 0.0952. The van der Waals surface area contributed by atoms with Gasteiger partial charge in [0.15, 0.2) is 0 Å². The van der Waals surface area contributed by atoms with E-state index in [0.29, 0.717) is 19.0 Å². The molecule has 0 saturated carbocycles. The third kappa shape index (κ3) is 7.21. The zero-order valence-corrected chi connectivity index (χ0v) is 17.0. The van der Waals surface area contributed by atoms with Crippen LogP contribution in [0.3, 0.4) is 0 Å². The van der Waals surface area contributed by atoms with E-state index in [1.165, 1.54) is 5.56 Å². The molecule has 1 aliphatic rings. The van der Waals surface area contributed by atoms with Crippen LogP contribution < -0.4 is 10.6 Å². The molecule has 0 aromatic heterocycles. The van der Waals surface area contributed by atoms with Gasteiger partial charge < -0.3 is 20.4 Å². The van der Waals surface area contributed by atoms with Gasteiger partial charge in [-0.25, -0.2) is 4.79 Å². The van der Waals surface area contributed by atoms with Gasteiger partial charge in [0.25, 0.3) is 5.91 Å². The van der Waals surface area contributed by atoms with Crippen LogP contribution in [0.2, 0.25) is 0 Å². The lowest BCUT2D eigenvalue weighted by atomic mass is 9.90. The molecule has 1 aliphatic heterocycles. The summed E-state index contributed by atoms with van der Waals surface area (Å²) in [5, 5.41) is 5.84. The van der Waals surface area contributed by atoms with Gasteiger partial charge in [-0.15, -0.1) is 0 Å². The highest BCUT2D eigenvalue weighted by atomic mass is 16.2. The van der Waals surface area contributed by atoms with Gasteiger partial charge in [-0.05, 0) is 76.9 Å². The number of carbonyl (C=O) groups excluding carboxylic acids is 2. The van der Waals surface area contributed by atoms with Gasteiger partial charge in [-0.3, -0.25) is 4.79 Å². The number of nitrogens with zero attached hydrogens (tertiary/aromatic N) is 2. The van der Waals surface area contributed by atoms with Crippen LogP contribution in [0.5, 0.6) is 0 Å². The lowest BCUT2D eigenvalue weighted by Crippen LogP contribution is -2.44. The predicted octanol–water partition coefficient (Wildman–Crippen LogP) is 2.35.